The number of likely N-dealkylation sites (tertiary alicyclic amines) is 1. The molecule has 6 nitrogen and oxygen atoms in total. The summed E-state index contributed by atoms with van der Waals surface area (Å²) in [5.74, 6) is 0.558. The first-order chi connectivity index (χ1) is 14.2. The number of rotatable bonds is 4. The van der Waals surface area contributed by atoms with Gasteiger partial charge >= 0.3 is 6.01 Å². The van der Waals surface area contributed by atoms with E-state index >= 15 is 0 Å². The number of hydrogen-bond donors (Lipinski definition) is 1. The van der Waals surface area contributed by atoms with E-state index in [0.29, 0.717) is 24.5 Å². The van der Waals surface area contributed by atoms with Crippen LogP contribution in [0.4, 0.5) is 11.5 Å². The van der Waals surface area contributed by atoms with Gasteiger partial charge in [-0.2, -0.15) is 9.97 Å². The van der Waals surface area contributed by atoms with Gasteiger partial charge in [0.1, 0.15) is 12.4 Å². The maximum atomic E-state index is 6.27. The fourth-order valence-corrected chi connectivity index (χ4v) is 4.55. The number of nitrogen functional groups attached to an aromatic ring is 1. The molecule has 6 heteroatoms. The van der Waals surface area contributed by atoms with Crippen molar-refractivity contribution in [3.8, 4) is 6.01 Å². The summed E-state index contributed by atoms with van der Waals surface area (Å²) in [4.78, 5) is 13.9. The summed E-state index contributed by atoms with van der Waals surface area (Å²) in [5, 5.41) is 2.52. The fraction of sp³-hybridized carbons (Fsp3) is 0.391. The highest BCUT2D eigenvalue weighted by atomic mass is 16.5. The van der Waals surface area contributed by atoms with E-state index in [-0.39, 0.29) is 0 Å². The lowest BCUT2D eigenvalue weighted by Crippen LogP contribution is -2.33. The van der Waals surface area contributed by atoms with E-state index in [1.54, 1.807) is 0 Å². The molecular weight excluding hydrogens is 362 g/mol. The number of benzene rings is 2. The second-order valence-corrected chi connectivity index (χ2v) is 8.07. The highest BCUT2D eigenvalue weighted by Gasteiger charge is 2.25. The molecule has 29 heavy (non-hydrogen) atoms. The van der Waals surface area contributed by atoms with Crippen molar-refractivity contribution in [3.63, 3.8) is 0 Å². The molecule has 3 aromatic rings. The van der Waals surface area contributed by atoms with Crippen LogP contribution in [0.3, 0.4) is 0 Å². The summed E-state index contributed by atoms with van der Waals surface area (Å²) >= 11 is 0. The molecule has 0 aliphatic carbocycles. The fourth-order valence-electron chi connectivity index (χ4n) is 4.55. The smallest absolute Gasteiger partial charge is 0.318 e. The normalized spacial score (nSPS) is 19.5. The summed E-state index contributed by atoms with van der Waals surface area (Å²) in [6.07, 6.45) is 3.22. The van der Waals surface area contributed by atoms with Gasteiger partial charge in [0.05, 0.1) is 12.2 Å². The Balaban J connectivity index is 1.39. The predicted molar refractivity (Wildman–Crippen MR) is 116 cm³/mol. The Bertz CT molecular complexity index is 1030. The number of anilines is 2. The molecule has 1 atom stereocenters. The molecular formula is C23H27N5O. The summed E-state index contributed by atoms with van der Waals surface area (Å²) < 4.78 is 5.96. The van der Waals surface area contributed by atoms with Gasteiger partial charge in [0.25, 0.3) is 0 Å². The van der Waals surface area contributed by atoms with E-state index < -0.39 is 0 Å². The van der Waals surface area contributed by atoms with Gasteiger partial charge in [-0.05, 0) is 44.3 Å². The van der Waals surface area contributed by atoms with Crippen molar-refractivity contribution >= 4 is 22.3 Å². The standard InChI is InChI=1S/C23H27N5O/c1-27-12-5-8-17(27)15-29-23-25-20-14-28(13-11-19(20)22(24)26-23)21-10-4-7-16-6-2-3-9-18(16)21/h2-4,6-7,9-10,17H,5,8,11-15H2,1H3,(H2,24,25,26)/t17-/m1/s1. The molecule has 5 rings (SSSR count). The van der Waals surface area contributed by atoms with Crippen LogP contribution in [0, 0.1) is 0 Å². The van der Waals surface area contributed by atoms with Crippen molar-refractivity contribution in [2.45, 2.75) is 31.8 Å². The predicted octanol–water partition coefficient (Wildman–Crippen LogP) is 3.25. The van der Waals surface area contributed by atoms with E-state index in [1.807, 2.05) is 0 Å². The van der Waals surface area contributed by atoms with Crippen LogP contribution >= 0.6 is 0 Å². The summed E-state index contributed by atoms with van der Waals surface area (Å²) in [6, 6.07) is 15.8. The molecule has 0 saturated carbocycles. The van der Waals surface area contributed by atoms with Crippen molar-refractivity contribution in [2.24, 2.45) is 0 Å². The topological polar surface area (TPSA) is 67.5 Å². The van der Waals surface area contributed by atoms with E-state index in [0.717, 1.165) is 43.7 Å². The molecule has 0 unspecified atom stereocenters. The summed E-state index contributed by atoms with van der Waals surface area (Å²) in [6.45, 7) is 3.36. The van der Waals surface area contributed by atoms with Crippen molar-refractivity contribution in [1.29, 1.82) is 0 Å². The molecule has 1 aromatic heterocycles. The van der Waals surface area contributed by atoms with E-state index in [4.69, 9.17) is 15.5 Å². The van der Waals surface area contributed by atoms with Gasteiger partial charge < -0.3 is 20.3 Å². The quantitative estimate of drug-likeness (QED) is 0.739. The van der Waals surface area contributed by atoms with E-state index in [2.05, 4.69) is 64.3 Å². The number of likely N-dealkylation sites (N-methyl/N-ethyl adjacent to an activating group) is 1. The Morgan fingerprint density at radius 2 is 1.97 bits per heavy atom. The van der Waals surface area contributed by atoms with Gasteiger partial charge in [-0.1, -0.05) is 36.4 Å². The van der Waals surface area contributed by atoms with Crippen molar-refractivity contribution < 1.29 is 4.74 Å². The Morgan fingerprint density at radius 1 is 1.10 bits per heavy atom. The Labute approximate surface area is 171 Å². The number of nitrogens with zero attached hydrogens (tertiary/aromatic N) is 4. The van der Waals surface area contributed by atoms with Gasteiger partial charge in [-0.15, -0.1) is 0 Å². The summed E-state index contributed by atoms with van der Waals surface area (Å²) in [7, 11) is 2.14. The zero-order chi connectivity index (χ0) is 19.8. The van der Waals surface area contributed by atoms with Crippen LogP contribution in [0.5, 0.6) is 6.01 Å². The molecule has 0 bridgehead atoms. The third-order valence-electron chi connectivity index (χ3n) is 6.26. The lowest BCUT2D eigenvalue weighted by atomic mass is 10.0. The highest BCUT2D eigenvalue weighted by molar-refractivity contribution is 5.94. The molecule has 3 heterocycles. The first-order valence-corrected chi connectivity index (χ1v) is 10.4. The monoisotopic (exact) mass is 389 g/mol. The first kappa shape index (κ1) is 18.2. The molecule has 2 N–H and O–H groups in total. The van der Waals surface area contributed by atoms with Crippen molar-refractivity contribution in [3.05, 3.63) is 53.7 Å². The zero-order valence-corrected chi connectivity index (χ0v) is 16.8. The second-order valence-electron chi connectivity index (χ2n) is 8.07. The Hall–Kier alpha value is -2.86. The van der Waals surface area contributed by atoms with Crippen LogP contribution in [0.1, 0.15) is 24.1 Å². The average molecular weight is 390 g/mol. The molecule has 0 radical (unpaired) electrons. The molecule has 2 aliphatic rings. The second kappa shape index (κ2) is 7.52. The lowest BCUT2D eigenvalue weighted by molar-refractivity contribution is 0.187. The van der Waals surface area contributed by atoms with Crippen LogP contribution < -0.4 is 15.4 Å². The molecule has 150 valence electrons. The maximum Gasteiger partial charge on any atom is 0.318 e. The molecule has 0 amide bonds. The van der Waals surface area contributed by atoms with Gasteiger partial charge in [0.2, 0.25) is 0 Å². The maximum absolute atomic E-state index is 6.27. The Kier molecular flexibility index (Phi) is 4.72. The van der Waals surface area contributed by atoms with Gasteiger partial charge in [0.15, 0.2) is 0 Å². The number of fused-ring (bicyclic) bond motifs is 2. The minimum absolute atomic E-state index is 0.404. The number of hydrogen-bond acceptors (Lipinski definition) is 6. The number of aromatic nitrogens is 2. The molecule has 2 aromatic carbocycles. The highest BCUT2D eigenvalue weighted by Crippen LogP contribution is 2.32. The van der Waals surface area contributed by atoms with Crippen molar-refractivity contribution in [1.82, 2.24) is 14.9 Å². The van der Waals surface area contributed by atoms with Gasteiger partial charge in [0, 0.05) is 29.2 Å². The van der Waals surface area contributed by atoms with Crippen LogP contribution in [0.15, 0.2) is 42.5 Å². The largest absolute Gasteiger partial charge is 0.462 e. The van der Waals surface area contributed by atoms with E-state index in [1.165, 1.54) is 22.9 Å². The van der Waals surface area contributed by atoms with Crippen molar-refractivity contribution in [2.75, 3.05) is 37.4 Å². The molecule has 2 aliphatic heterocycles. The third kappa shape index (κ3) is 3.49. The molecule has 1 saturated heterocycles. The van der Waals surface area contributed by atoms with Crippen LogP contribution in [-0.4, -0.2) is 47.7 Å². The number of ether oxygens (including phenoxy) is 1. The minimum Gasteiger partial charge on any atom is -0.462 e. The minimum atomic E-state index is 0.404. The third-order valence-corrected chi connectivity index (χ3v) is 6.26. The number of nitrogens with two attached hydrogens (primary N) is 1. The van der Waals surface area contributed by atoms with Gasteiger partial charge in [-0.25, -0.2) is 0 Å². The first-order valence-electron chi connectivity index (χ1n) is 10.4. The van der Waals surface area contributed by atoms with Crippen LogP contribution in [0.2, 0.25) is 0 Å². The molecule has 0 spiro atoms. The SMILES string of the molecule is CN1CCC[C@@H]1COc1nc(N)c2c(n1)CN(c1cccc3ccccc13)CC2. The van der Waals surface area contributed by atoms with Crippen LogP contribution in [0.25, 0.3) is 10.8 Å². The Morgan fingerprint density at radius 3 is 2.83 bits per heavy atom. The average Bonchev–Trinajstić information content (AvgIpc) is 3.16. The van der Waals surface area contributed by atoms with Crippen LogP contribution in [-0.2, 0) is 13.0 Å². The lowest BCUT2D eigenvalue weighted by Gasteiger charge is -2.31. The summed E-state index contributed by atoms with van der Waals surface area (Å²) in [5.41, 5.74) is 9.54. The van der Waals surface area contributed by atoms with Gasteiger partial charge in [-0.3, -0.25) is 0 Å². The zero-order valence-electron chi connectivity index (χ0n) is 16.8. The molecule has 1 fully saturated rings. The van der Waals surface area contributed by atoms with E-state index in [9.17, 15) is 0 Å².